The lowest BCUT2D eigenvalue weighted by Gasteiger charge is -2.26. The summed E-state index contributed by atoms with van der Waals surface area (Å²) in [6.45, 7) is 4.00. The average Bonchev–Trinajstić information content (AvgIpc) is 3.21. The van der Waals surface area contributed by atoms with Gasteiger partial charge in [0.25, 0.3) is 5.91 Å². The molecule has 1 N–H and O–H groups in total. The number of aromatic nitrogens is 2. The number of morpholine rings is 1. The van der Waals surface area contributed by atoms with Gasteiger partial charge >= 0.3 is 5.97 Å². The van der Waals surface area contributed by atoms with Crippen molar-refractivity contribution in [1.29, 1.82) is 0 Å². The fourth-order valence-electron chi connectivity index (χ4n) is 3.95. The zero-order valence-corrected chi connectivity index (χ0v) is 22.8. The van der Waals surface area contributed by atoms with Gasteiger partial charge in [-0.25, -0.2) is 22.3 Å². The lowest BCUT2D eigenvalue weighted by atomic mass is 10.2. The second-order valence-corrected chi connectivity index (χ2v) is 11.0. The summed E-state index contributed by atoms with van der Waals surface area (Å²) in [5, 5.41) is 7.04. The first-order chi connectivity index (χ1) is 18.6. The molecular formula is C26H26ClFN4O6S. The van der Waals surface area contributed by atoms with Crippen molar-refractivity contribution in [2.45, 2.75) is 18.7 Å². The van der Waals surface area contributed by atoms with E-state index in [9.17, 15) is 22.4 Å². The highest BCUT2D eigenvalue weighted by atomic mass is 35.5. The predicted octanol–water partition coefficient (Wildman–Crippen LogP) is 3.50. The number of esters is 1. The Hall–Kier alpha value is -3.58. The summed E-state index contributed by atoms with van der Waals surface area (Å²) in [4.78, 5) is 24.6. The molecule has 0 aliphatic carbocycles. The highest BCUT2D eigenvalue weighted by Crippen LogP contribution is 2.27. The van der Waals surface area contributed by atoms with Gasteiger partial charge in [0.1, 0.15) is 5.82 Å². The smallest absolute Gasteiger partial charge is 0.331 e. The molecule has 1 aliphatic heterocycles. The van der Waals surface area contributed by atoms with Crippen molar-refractivity contribution in [3.8, 4) is 5.69 Å². The van der Waals surface area contributed by atoms with Crippen molar-refractivity contribution in [3.05, 3.63) is 76.3 Å². The third kappa shape index (κ3) is 6.71. The van der Waals surface area contributed by atoms with Gasteiger partial charge in [-0.2, -0.15) is 9.40 Å². The number of sulfonamides is 1. The minimum atomic E-state index is -3.80. The average molecular weight is 577 g/mol. The largest absolute Gasteiger partial charge is 0.452 e. The molecule has 1 fully saturated rings. The van der Waals surface area contributed by atoms with Crippen molar-refractivity contribution >= 4 is 45.3 Å². The first-order valence-corrected chi connectivity index (χ1v) is 13.7. The molecule has 0 spiro atoms. The molecule has 13 heteroatoms. The fourth-order valence-corrected chi connectivity index (χ4v) is 5.55. The summed E-state index contributed by atoms with van der Waals surface area (Å²) in [7, 11) is -3.80. The molecule has 10 nitrogen and oxygen atoms in total. The Morgan fingerprint density at radius 1 is 1.15 bits per heavy atom. The first kappa shape index (κ1) is 28.4. The number of nitrogens with zero attached hydrogens (tertiary/aromatic N) is 3. The highest BCUT2D eigenvalue weighted by molar-refractivity contribution is 7.89. The SMILES string of the molecule is Cc1nn(-c2ccc(F)cc2)c(C)c1/C=C/C(=O)OCC(=O)Nc1cc(S(=O)(=O)N2CCOCC2)ccc1Cl. The zero-order chi connectivity index (χ0) is 28.2. The van der Waals surface area contributed by atoms with Crippen LogP contribution in [0.1, 0.15) is 17.0 Å². The molecule has 0 saturated carbocycles. The highest BCUT2D eigenvalue weighted by Gasteiger charge is 2.27. The lowest BCUT2D eigenvalue weighted by Crippen LogP contribution is -2.40. The predicted molar refractivity (Wildman–Crippen MR) is 143 cm³/mol. The molecule has 0 radical (unpaired) electrons. The standard InChI is InChI=1S/C26H26ClFN4O6S/c1-17-22(18(2)32(30-17)20-5-3-19(28)4-6-20)8-10-26(34)38-16-25(33)29-24-15-21(7-9-23(24)27)39(35,36)31-11-13-37-14-12-31/h3-10,15H,11-14,16H2,1-2H3,(H,29,33)/b10-8+. The van der Waals surface area contributed by atoms with Crippen LogP contribution in [0, 0.1) is 19.7 Å². The van der Waals surface area contributed by atoms with E-state index in [0.717, 1.165) is 5.69 Å². The van der Waals surface area contributed by atoms with Crippen LogP contribution in [-0.2, 0) is 29.1 Å². The third-order valence-corrected chi connectivity index (χ3v) is 8.19. The van der Waals surface area contributed by atoms with Crippen molar-refractivity contribution < 1.29 is 31.9 Å². The van der Waals surface area contributed by atoms with Crippen LogP contribution in [-0.4, -0.2) is 67.3 Å². The molecule has 0 unspecified atom stereocenters. The molecule has 4 rings (SSSR count). The molecule has 1 aromatic heterocycles. The second-order valence-electron chi connectivity index (χ2n) is 8.62. The van der Waals surface area contributed by atoms with E-state index >= 15 is 0 Å². The number of halogens is 2. The number of hydrogen-bond donors (Lipinski definition) is 1. The molecule has 0 bridgehead atoms. The van der Waals surface area contributed by atoms with E-state index in [2.05, 4.69) is 10.4 Å². The van der Waals surface area contributed by atoms with Gasteiger partial charge in [0.2, 0.25) is 10.0 Å². The van der Waals surface area contributed by atoms with Gasteiger partial charge in [-0.3, -0.25) is 4.79 Å². The Labute approximate surface area is 230 Å². The van der Waals surface area contributed by atoms with Gasteiger partial charge in [-0.15, -0.1) is 0 Å². The first-order valence-electron chi connectivity index (χ1n) is 11.9. The maximum Gasteiger partial charge on any atom is 0.331 e. The van der Waals surface area contributed by atoms with Crippen LogP contribution in [0.15, 0.2) is 53.4 Å². The van der Waals surface area contributed by atoms with Crippen molar-refractivity contribution in [3.63, 3.8) is 0 Å². The van der Waals surface area contributed by atoms with Crippen molar-refractivity contribution in [1.82, 2.24) is 14.1 Å². The zero-order valence-electron chi connectivity index (χ0n) is 21.2. The van der Waals surface area contributed by atoms with E-state index in [1.54, 1.807) is 30.7 Å². The molecule has 1 aliphatic rings. The number of ether oxygens (including phenoxy) is 2. The summed E-state index contributed by atoms with van der Waals surface area (Å²) >= 11 is 6.15. The summed E-state index contributed by atoms with van der Waals surface area (Å²) in [5.41, 5.74) is 2.77. The van der Waals surface area contributed by atoms with Crippen molar-refractivity contribution in [2.24, 2.45) is 0 Å². The van der Waals surface area contributed by atoms with E-state index in [4.69, 9.17) is 21.1 Å². The maximum absolute atomic E-state index is 13.2. The topological polar surface area (TPSA) is 120 Å². The number of aryl methyl sites for hydroxylation is 1. The Kier molecular flexibility index (Phi) is 8.80. The van der Waals surface area contributed by atoms with E-state index in [-0.39, 0.29) is 34.5 Å². The molecule has 206 valence electrons. The molecule has 39 heavy (non-hydrogen) atoms. The molecule has 1 amide bonds. The van der Waals surface area contributed by atoms with Crippen LogP contribution in [0.4, 0.5) is 10.1 Å². The number of carbonyl (C=O) groups excluding carboxylic acids is 2. The summed E-state index contributed by atoms with van der Waals surface area (Å²) in [5.74, 6) is -1.83. The fraction of sp³-hybridized carbons (Fsp3) is 0.269. The van der Waals surface area contributed by atoms with Gasteiger partial charge in [-0.1, -0.05) is 11.6 Å². The molecule has 0 atom stereocenters. The Morgan fingerprint density at radius 2 is 1.85 bits per heavy atom. The molecule has 2 aromatic carbocycles. The van der Waals surface area contributed by atoms with Crippen LogP contribution in [0.25, 0.3) is 11.8 Å². The third-order valence-electron chi connectivity index (χ3n) is 5.97. The van der Waals surface area contributed by atoms with Gasteiger partial charge in [0, 0.05) is 30.4 Å². The molecule has 2 heterocycles. The number of nitrogens with one attached hydrogen (secondary N) is 1. The van der Waals surface area contributed by atoms with Crippen LogP contribution in [0.2, 0.25) is 5.02 Å². The number of carbonyl (C=O) groups is 2. The van der Waals surface area contributed by atoms with Crippen LogP contribution in [0.3, 0.4) is 0 Å². The Bertz CT molecular complexity index is 1520. The number of hydrogen-bond acceptors (Lipinski definition) is 7. The Morgan fingerprint density at radius 3 is 2.54 bits per heavy atom. The Balaban J connectivity index is 1.37. The van der Waals surface area contributed by atoms with E-state index in [1.165, 1.54) is 46.8 Å². The maximum atomic E-state index is 13.2. The van der Waals surface area contributed by atoms with E-state index in [0.29, 0.717) is 30.2 Å². The van der Waals surface area contributed by atoms with Gasteiger partial charge < -0.3 is 14.8 Å². The molecule has 3 aromatic rings. The number of amides is 1. The van der Waals surface area contributed by atoms with Crippen LogP contribution in [0.5, 0.6) is 0 Å². The van der Waals surface area contributed by atoms with E-state index in [1.807, 2.05) is 0 Å². The minimum absolute atomic E-state index is 0.0315. The normalized spacial score (nSPS) is 14.5. The summed E-state index contributed by atoms with van der Waals surface area (Å²) < 4.78 is 52.2. The van der Waals surface area contributed by atoms with Crippen molar-refractivity contribution in [2.75, 3.05) is 38.2 Å². The second kappa shape index (κ2) is 12.1. The van der Waals surface area contributed by atoms with Gasteiger partial charge in [0.15, 0.2) is 6.61 Å². The lowest BCUT2D eigenvalue weighted by molar-refractivity contribution is -0.142. The van der Waals surface area contributed by atoms with Gasteiger partial charge in [0.05, 0.1) is 40.2 Å². The summed E-state index contributed by atoms with van der Waals surface area (Å²) in [6.07, 6.45) is 2.69. The summed E-state index contributed by atoms with van der Waals surface area (Å²) in [6, 6.07) is 9.83. The van der Waals surface area contributed by atoms with Gasteiger partial charge in [-0.05, 0) is 62.4 Å². The number of benzene rings is 2. The van der Waals surface area contributed by atoms with E-state index < -0.39 is 28.5 Å². The van der Waals surface area contributed by atoms with Crippen LogP contribution < -0.4 is 5.32 Å². The van der Waals surface area contributed by atoms with Crippen LogP contribution >= 0.6 is 11.6 Å². The molecular weight excluding hydrogens is 551 g/mol. The molecule has 1 saturated heterocycles. The number of rotatable bonds is 8. The monoisotopic (exact) mass is 576 g/mol. The number of anilines is 1. The minimum Gasteiger partial charge on any atom is -0.452 e. The quantitative estimate of drug-likeness (QED) is 0.322.